The fraction of sp³-hybridized carbons (Fsp3) is 0.0500. The molecule has 0 spiro atoms. The van der Waals surface area contributed by atoms with Crippen molar-refractivity contribution >= 4 is 34.3 Å². The molecule has 0 bridgehead atoms. The van der Waals surface area contributed by atoms with Gasteiger partial charge in [0.25, 0.3) is 5.91 Å². The SMILES string of the molecule is O=C(Cc1c[nH]c2ccccc12)NNC(=O)c1cc(-c2ccc(Cl)cc2)on1. The number of hydrogen-bond acceptors (Lipinski definition) is 4. The predicted molar refractivity (Wildman–Crippen MR) is 105 cm³/mol. The van der Waals surface area contributed by atoms with Crippen molar-refractivity contribution in [1.82, 2.24) is 21.0 Å². The molecule has 2 heterocycles. The number of para-hydroxylation sites is 1. The van der Waals surface area contributed by atoms with E-state index in [0.717, 1.165) is 22.0 Å². The van der Waals surface area contributed by atoms with Crippen molar-refractivity contribution in [3.63, 3.8) is 0 Å². The number of rotatable bonds is 4. The van der Waals surface area contributed by atoms with E-state index in [0.29, 0.717) is 10.8 Å². The molecule has 0 aliphatic carbocycles. The van der Waals surface area contributed by atoms with E-state index in [2.05, 4.69) is 21.0 Å². The number of H-pyrrole nitrogens is 1. The third kappa shape index (κ3) is 3.74. The van der Waals surface area contributed by atoms with Crippen LogP contribution in [0.2, 0.25) is 5.02 Å². The lowest BCUT2D eigenvalue weighted by molar-refractivity contribution is -0.121. The minimum atomic E-state index is -0.573. The van der Waals surface area contributed by atoms with Crippen LogP contribution in [0.4, 0.5) is 0 Å². The van der Waals surface area contributed by atoms with Gasteiger partial charge >= 0.3 is 0 Å². The van der Waals surface area contributed by atoms with Crippen LogP contribution < -0.4 is 10.9 Å². The van der Waals surface area contributed by atoms with E-state index in [4.69, 9.17) is 16.1 Å². The zero-order chi connectivity index (χ0) is 19.5. The summed E-state index contributed by atoms with van der Waals surface area (Å²) in [6.07, 6.45) is 1.90. The number of carbonyl (C=O) groups excluding carboxylic acids is 2. The summed E-state index contributed by atoms with van der Waals surface area (Å²) in [5.41, 5.74) is 7.31. The highest BCUT2D eigenvalue weighted by atomic mass is 35.5. The molecule has 0 saturated carbocycles. The quantitative estimate of drug-likeness (QED) is 0.461. The van der Waals surface area contributed by atoms with E-state index in [-0.39, 0.29) is 18.0 Å². The summed E-state index contributed by atoms with van der Waals surface area (Å²) >= 11 is 5.86. The molecule has 0 saturated heterocycles. The highest BCUT2D eigenvalue weighted by molar-refractivity contribution is 6.30. The zero-order valence-electron chi connectivity index (χ0n) is 14.5. The Bertz CT molecular complexity index is 1150. The summed E-state index contributed by atoms with van der Waals surface area (Å²) < 4.78 is 5.18. The van der Waals surface area contributed by atoms with Gasteiger partial charge in [-0.3, -0.25) is 20.4 Å². The first-order chi connectivity index (χ1) is 13.6. The summed E-state index contributed by atoms with van der Waals surface area (Å²) in [6, 6.07) is 16.1. The number of hydrogen-bond donors (Lipinski definition) is 3. The van der Waals surface area contributed by atoms with Gasteiger partial charge in [0.1, 0.15) is 0 Å². The molecular weight excluding hydrogens is 380 g/mol. The third-order valence-electron chi connectivity index (χ3n) is 4.21. The third-order valence-corrected chi connectivity index (χ3v) is 4.46. The van der Waals surface area contributed by atoms with Crippen molar-refractivity contribution in [2.45, 2.75) is 6.42 Å². The van der Waals surface area contributed by atoms with E-state index in [1.54, 1.807) is 30.5 Å². The fourth-order valence-electron chi connectivity index (χ4n) is 2.82. The Morgan fingerprint density at radius 3 is 2.68 bits per heavy atom. The minimum Gasteiger partial charge on any atom is -0.361 e. The Hall–Kier alpha value is -3.58. The molecule has 4 rings (SSSR count). The van der Waals surface area contributed by atoms with E-state index < -0.39 is 5.91 Å². The van der Waals surface area contributed by atoms with Crippen LogP contribution in [-0.2, 0) is 11.2 Å². The van der Waals surface area contributed by atoms with Gasteiger partial charge in [-0.15, -0.1) is 0 Å². The molecule has 0 aliphatic heterocycles. The summed E-state index contributed by atoms with van der Waals surface area (Å²) in [5, 5.41) is 5.30. The van der Waals surface area contributed by atoms with Crippen LogP contribution >= 0.6 is 11.6 Å². The Morgan fingerprint density at radius 2 is 1.86 bits per heavy atom. The Balaban J connectivity index is 1.36. The molecule has 2 aromatic heterocycles. The number of aromatic nitrogens is 2. The van der Waals surface area contributed by atoms with Gasteiger partial charge in [-0.25, -0.2) is 0 Å². The van der Waals surface area contributed by atoms with Crippen molar-refractivity contribution < 1.29 is 14.1 Å². The smallest absolute Gasteiger partial charge is 0.291 e. The van der Waals surface area contributed by atoms with Gasteiger partial charge in [-0.1, -0.05) is 35.0 Å². The number of carbonyl (C=O) groups is 2. The minimum absolute atomic E-state index is 0.0531. The molecule has 140 valence electrons. The van der Waals surface area contributed by atoms with Gasteiger partial charge in [0.15, 0.2) is 11.5 Å². The van der Waals surface area contributed by atoms with Crippen molar-refractivity contribution in [1.29, 1.82) is 0 Å². The highest BCUT2D eigenvalue weighted by Gasteiger charge is 2.15. The second-order valence-corrected chi connectivity index (χ2v) is 6.56. The van der Waals surface area contributed by atoms with Gasteiger partial charge in [0.05, 0.1) is 6.42 Å². The molecule has 2 amide bonds. The van der Waals surface area contributed by atoms with E-state index in [1.807, 2.05) is 24.3 Å². The molecule has 0 radical (unpaired) electrons. The largest absolute Gasteiger partial charge is 0.361 e. The van der Waals surface area contributed by atoms with Gasteiger partial charge in [-0.2, -0.15) is 0 Å². The molecule has 0 atom stereocenters. The number of amides is 2. The highest BCUT2D eigenvalue weighted by Crippen LogP contribution is 2.22. The standard InChI is InChI=1S/C20H15ClN4O3/c21-14-7-5-12(6-8-14)18-10-17(25-28-18)20(27)24-23-19(26)9-13-11-22-16-4-2-1-3-15(13)16/h1-8,10-11,22H,9H2,(H,23,26)(H,24,27). The monoisotopic (exact) mass is 394 g/mol. The van der Waals surface area contributed by atoms with Crippen LogP contribution in [0, 0.1) is 0 Å². The molecule has 3 N–H and O–H groups in total. The van der Waals surface area contributed by atoms with Crippen molar-refractivity contribution in [3.8, 4) is 11.3 Å². The van der Waals surface area contributed by atoms with Crippen molar-refractivity contribution in [2.24, 2.45) is 0 Å². The number of fused-ring (bicyclic) bond motifs is 1. The first kappa shape index (κ1) is 17.8. The van der Waals surface area contributed by atoms with Crippen molar-refractivity contribution in [2.75, 3.05) is 0 Å². The first-order valence-electron chi connectivity index (χ1n) is 8.47. The van der Waals surface area contributed by atoms with Gasteiger partial charge in [-0.05, 0) is 35.9 Å². The summed E-state index contributed by atoms with van der Waals surface area (Å²) in [4.78, 5) is 27.4. The van der Waals surface area contributed by atoms with Gasteiger partial charge in [0, 0.05) is 33.8 Å². The topological polar surface area (TPSA) is 100 Å². The lowest BCUT2D eigenvalue weighted by Crippen LogP contribution is -2.42. The molecule has 0 fully saturated rings. The van der Waals surface area contributed by atoms with Gasteiger partial charge < -0.3 is 9.51 Å². The number of nitrogens with zero attached hydrogens (tertiary/aromatic N) is 1. The molecule has 0 unspecified atom stereocenters. The van der Waals surface area contributed by atoms with E-state index in [1.165, 1.54) is 6.07 Å². The molecule has 28 heavy (non-hydrogen) atoms. The Morgan fingerprint density at radius 1 is 1.07 bits per heavy atom. The molecule has 4 aromatic rings. The average Bonchev–Trinajstić information content (AvgIpc) is 3.35. The number of benzene rings is 2. The summed E-state index contributed by atoms with van der Waals surface area (Å²) in [6.45, 7) is 0. The number of hydrazine groups is 1. The first-order valence-corrected chi connectivity index (χ1v) is 8.85. The van der Waals surface area contributed by atoms with E-state index >= 15 is 0 Å². The van der Waals surface area contributed by atoms with Crippen LogP contribution in [0.15, 0.2) is 65.3 Å². The molecule has 2 aromatic carbocycles. The fourth-order valence-corrected chi connectivity index (χ4v) is 2.94. The second-order valence-electron chi connectivity index (χ2n) is 6.12. The molecule has 0 aliphatic rings. The lowest BCUT2D eigenvalue weighted by atomic mass is 10.1. The Kier molecular flexibility index (Phi) is 4.82. The number of nitrogens with one attached hydrogen (secondary N) is 3. The van der Waals surface area contributed by atoms with Crippen LogP contribution in [-0.4, -0.2) is 22.0 Å². The van der Waals surface area contributed by atoms with Crippen LogP contribution in [0.3, 0.4) is 0 Å². The predicted octanol–water partition coefficient (Wildman–Crippen LogP) is 3.48. The van der Waals surface area contributed by atoms with Crippen molar-refractivity contribution in [3.05, 3.63) is 77.1 Å². The molecular formula is C20H15ClN4O3. The molecule has 8 heteroatoms. The number of halogens is 1. The van der Waals surface area contributed by atoms with Crippen LogP contribution in [0.25, 0.3) is 22.2 Å². The van der Waals surface area contributed by atoms with Gasteiger partial charge in [0.2, 0.25) is 5.91 Å². The average molecular weight is 395 g/mol. The summed E-state index contributed by atoms with van der Waals surface area (Å²) in [7, 11) is 0. The molecule has 7 nitrogen and oxygen atoms in total. The van der Waals surface area contributed by atoms with E-state index in [9.17, 15) is 9.59 Å². The Labute approximate surface area is 164 Å². The zero-order valence-corrected chi connectivity index (χ0v) is 15.3. The maximum absolute atomic E-state index is 12.2. The maximum atomic E-state index is 12.2. The summed E-state index contributed by atoms with van der Waals surface area (Å²) in [5.74, 6) is -0.498. The number of aromatic amines is 1. The maximum Gasteiger partial charge on any atom is 0.291 e. The van der Waals surface area contributed by atoms with Crippen LogP contribution in [0.1, 0.15) is 16.1 Å². The lowest BCUT2D eigenvalue weighted by Gasteiger charge is -2.05. The van der Waals surface area contributed by atoms with Crippen LogP contribution in [0.5, 0.6) is 0 Å². The normalized spacial score (nSPS) is 10.8. The second kappa shape index (κ2) is 7.58.